The van der Waals surface area contributed by atoms with Crippen LogP contribution in [0.25, 0.3) is 0 Å². The van der Waals surface area contributed by atoms with Crippen LogP contribution in [0.3, 0.4) is 0 Å². The van der Waals surface area contributed by atoms with Crippen molar-refractivity contribution in [3.63, 3.8) is 0 Å². The van der Waals surface area contributed by atoms with Crippen LogP contribution in [0.4, 0.5) is 21.7 Å². The highest BCUT2D eigenvalue weighted by atomic mass is 19.1. The number of nitrogens with zero attached hydrogens (tertiary/aromatic N) is 5. The Morgan fingerprint density at radius 2 is 1.83 bits per heavy atom. The number of benzene rings is 1. The van der Waals surface area contributed by atoms with Gasteiger partial charge in [0.05, 0.1) is 12.3 Å². The number of carbonyl (C=O) groups excluding carboxylic acids is 3. The molecule has 1 heterocycles. The maximum atomic E-state index is 14.4. The van der Waals surface area contributed by atoms with Crippen molar-refractivity contribution in [2.45, 2.75) is 32.7 Å². The van der Waals surface area contributed by atoms with Crippen molar-refractivity contribution in [1.82, 2.24) is 25.1 Å². The number of nitrogens with one attached hydrogen (secondary N) is 2. The summed E-state index contributed by atoms with van der Waals surface area (Å²) in [5.41, 5.74) is 6.37. The van der Waals surface area contributed by atoms with E-state index in [1.807, 2.05) is 25.9 Å². The minimum absolute atomic E-state index is 0.0546. The Kier molecular flexibility index (Phi) is 12.5. The Labute approximate surface area is 240 Å². The van der Waals surface area contributed by atoms with Crippen LogP contribution in [0, 0.1) is 5.82 Å². The van der Waals surface area contributed by atoms with Gasteiger partial charge in [-0.15, -0.1) is 0 Å². The summed E-state index contributed by atoms with van der Waals surface area (Å²) in [4.78, 5) is 50.7. The van der Waals surface area contributed by atoms with E-state index in [2.05, 4.69) is 20.6 Å². The number of ether oxygens (including phenoxy) is 1. The molecule has 224 valence electrons. The lowest BCUT2D eigenvalue weighted by Gasteiger charge is -2.23. The first kappa shape index (κ1) is 32.9. The Hall–Kier alpha value is -4.26. The molecule has 1 aromatic heterocycles. The summed E-state index contributed by atoms with van der Waals surface area (Å²) in [6, 6.07) is 3.36. The molecule has 2 rings (SSSR count). The maximum absolute atomic E-state index is 14.4. The van der Waals surface area contributed by atoms with E-state index in [4.69, 9.17) is 10.5 Å². The highest BCUT2D eigenvalue weighted by Crippen LogP contribution is 2.27. The molecule has 1 atom stereocenters. The second-order valence-electron chi connectivity index (χ2n) is 9.89. The first-order valence-corrected chi connectivity index (χ1v) is 13.3. The number of hydrogen-bond donors (Lipinski definition) is 3. The summed E-state index contributed by atoms with van der Waals surface area (Å²) in [5.74, 6) is -0.984. The molecule has 41 heavy (non-hydrogen) atoms. The van der Waals surface area contributed by atoms with Crippen LogP contribution < -0.4 is 26.0 Å². The van der Waals surface area contributed by atoms with Crippen molar-refractivity contribution in [2.24, 2.45) is 5.73 Å². The fourth-order valence-electron chi connectivity index (χ4n) is 3.64. The molecule has 0 saturated carbocycles. The quantitative estimate of drug-likeness (QED) is 0.215. The number of nitrogens with two attached hydrogens (primary N) is 1. The van der Waals surface area contributed by atoms with Gasteiger partial charge in [-0.25, -0.2) is 14.4 Å². The summed E-state index contributed by atoms with van der Waals surface area (Å²) < 4.78 is 20.1. The molecule has 0 radical (unpaired) electrons. The predicted molar refractivity (Wildman–Crippen MR) is 157 cm³/mol. The van der Waals surface area contributed by atoms with E-state index < -0.39 is 17.8 Å². The smallest absolute Gasteiger partial charge is 0.271 e. The fraction of sp³-hybridized carbons (Fsp3) is 0.464. The van der Waals surface area contributed by atoms with Gasteiger partial charge in [0.2, 0.25) is 11.8 Å². The molecule has 0 bridgehead atoms. The van der Waals surface area contributed by atoms with Crippen LogP contribution in [0.2, 0.25) is 0 Å². The van der Waals surface area contributed by atoms with E-state index in [-0.39, 0.29) is 35.7 Å². The van der Waals surface area contributed by atoms with Crippen molar-refractivity contribution in [3.8, 4) is 5.75 Å². The first-order chi connectivity index (χ1) is 19.3. The maximum Gasteiger partial charge on any atom is 0.271 e. The highest BCUT2D eigenvalue weighted by Gasteiger charge is 2.21. The molecular weight excluding hydrogens is 531 g/mol. The van der Waals surface area contributed by atoms with Crippen molar-refractivity contribution >= 4 is 35.0 Å². The molecular formula is C28H41FN8O4. The zero-order chi connectivity index (χ0) is 30.7. The van der Waals surface area contributed by atoms with Crippen LogP contribution in [0.15, 0.2) is 30.4 Å². The molecule has 4 N–H and O–H groups in total. The van der Waals surface area contributed by atoms with Crippen LogP contribution in [-0.4, -0.2) is 98.5 Å². The SMILES string of the molecule is CCc1nc(C(N)=O)c(Nc2cc(F)cc(OCCCNC(=O)[C@H](C)N(C)C(=O)/C=C/CN(C)C)c2)nc1N(C)C. The Balaban J connectivity index is 1.97. The van der Waals surface area contributed by atoms with E-state index in [1.165, 1.54) is 23.1 Å². The molecule has 0 fully saturated rings. The lowest BCUT2D eigenvalue weighted by molar-refractivity contribution is -0.135. The minimum Gasteiger partial charge on any atom is -0.493 e. The normalized spacial score (nSPS) is 11.8. The second kappa shape index (κ2) is 15.5. The van der Waals surface area contributed by atoms with Gasteiger partial charge in [-0.2, -0.15) is 0 Å². The van der Waals surface area contributed by atoms with Gasteiger partial charge < -0.3 is 35.8 Å². The number of primary amides is 1. The highest BCUT2D eigenvalue weighted by molar-refractivity contribution is 5.96. The van der Waals surface area contributed by atoms with E-state index in [0.717, 1.165) is 0 Å². The molecule has 13 heteroatoms. The molecule has 2 aromatic rings. The van der Waals surface area contributed by atoms with Crippen molar-refractivity contribution in [3.05, 3.63) is 47.6 Å². The number of likely N-dealkylation sites (N-methyl/N-ethyl adjacent to an activating group) is 2. The van der Waals surface area contributed by atoms with Crippen molar-refractivity contribution in [2.75, 3.05) is 65.2 Å². The molecule has 3 amide bonds. The number of halogens is 1. The summed E-state index contributed by atoms with van der Waals surface area (Å²) in [6.45, 7) is 4.66. The van der Waals surface area contributed by atoms with Gasteiger partial charge in [0.15, 0.2) is 17.3 Å². The third-order valence-electron chi connectivity index (χ3n) is 6.00. The number of aromatic nitrogens is 2. The number of carbonyl (C=O) groups is 3. The molecule has 12 nitrogen and oxygen atoms in total. The first-order valence-electron chi connectivity index (χ1n) is 13.3. The molecule has 0 saturated heterocycles. The summed E-state index contributed by atoms with van der Waals surface area (Å²) in [5, 5.41) is 5.71. The molecule has 0 spiro atoms. The van der Waals surface area contributed by atoms with E-state index in [1.54, 1.807) is 45.1 Å². The van der Waals surface area contributed by atoms with Crippen LogP contribution in [-0.2, 0) is 16.0 Å². The van der Waals surface area contributed by atoms with Gasteiger partial charge in [-0.1, -0.05) is 13.0 Å². The minimum atomic E-state index is -0.763. The predicted octanol–water partition coefficient (Wildman–Crippen LogP) is 1.94. The van der Waals surface area contributed by atoms with E-state index >= 15 is 0 Å². The number of anilines is 3. The second-order valence-corrected chi connectivity index (χ2v) is 9.89. The van der Waals surface area contributed by atoms with Crippen LogP contribution >= 0.6 is 0 Å². The van der Waals surface area contributed by atoms with Crippen LogP contribution in [0.5, 0.6) is 5.75 Å². The third-order valence-corrected chi connectivity index (χ3v) is 6.00. The average molecular weight is 573 g/mol. The van der Waals surface area contributed by atoms with E-state index in [0.29, 0.717) is 43.1 Å². The Bertz CT molecular complexity index is 1250. The van der Waals surface area contributed by atoms with E-state index in [9.17, 15) is 18.8 Å². The lowest BCUT2D eigenvalue weighted by Crippen LogP contribution is -2.45. The number of hydrogen-bond acceptors (Lipinski definition) is 9. The monoisotopic (exact) mass is 572 g/mol. The fourth-order valence-corrected chi connectivity index (χ4v) is 3.64. The van der Waals surface area contributed by atoms with Gasteiger partial charge in [0, 0.05) is 58.1 Å². The zero-order valence-electron chi connectivity index (χ0n) is 24.8. The molecule has 0 unspecified atom stereocenters. The summed E-state index contributed by atoms with van der Waals surface area (Å²) in [7, 11) is 8.97. The molecule has 0 aliphatic heterocycles. The standard InChI is InChI=1S/C28H41FN8O4/c1-8-22-27(36(5)6)34-26(24(33-22)25(30)39)32-20-15-19(29)16-21(17-20)41-14-10-12-31-28(40)18(2)37(7)23(38)11-9-13-35(3)4/h9,11,15-18H,8,10,12-14H2,1-7H3,(H2,30,39)(H,31,40)(H,32,34)/b11-9+/t18-/m0/s1. The largest absolute Gasteiger partial charge is 0.493 e. The van der Waals surface area contributed by atoms with Gasteiger partial charge in [-0.3, -0.25) is 14.4 Å². The molecule has 1 aromatic carbocycles. The topological polar surface area (TPSA) is 146 Å². The van der Waals surface area contributed by atoms with Crippen LogP contribution in [0.1, 0.15) is 36.5 Å². The number of amides is 3. The lowest BCUT2D eigenvalue weighted by atomic mass is 10.2. The third kappa shape index (κ3) is 10.0. The summed E-state index contributed by atoms with van der Waals surface area (Å²) >= 11 is 0. The summed E-state index contributed by atoms with van der Waals surface area (Å²) in [6.07, 6.45) is 4.17. The number of rotatable bonds is 15. The van der Waals surface area contributed by atoms with Gasteiger partial charge in [0.25, 0.3) is 5.91 Å². The molecule has 0 aliphatic carbocycles. The van der Waals surface area contributed by atoms with Crippen molar-refractivity contribution in [1.29, 1.82) is 0 Å². The Morgan fingerprint density at radius 1 is 1.12 bits per heavy atom. The zero-order valence-corrected chi connectivity index (χ0v) is 24.8. The molecule has 0 aliphatic rings. The average Bonchev–Trinajstić information content (AvgIpc) is 2.90. The van der Waals surface area contributed by atoms with Gasteiger partial charge >= 0.3 is 0 Å². The number of aryl methyl sites for hydroxylation is 1. The van der Waals surface area contributed by atoms with Gasteiger partial charge in [0.1, 0.15) is 17.6 Å². The van der Waals surface area contributed by atoms with Crippen molar-refractivity contribution < 1.29 is 23.5 Å². The van der Waals surface area contributed by atoms with Gasteiger partial charge in [-0.05, 0) is 39.9 Å². The Morgan fingerprint density at radius 3 is 2.44 bits per heavy atom.